The number of nitrogens with one attached hydrogen (secondary N) is 1. The Kier molecular flexibility index (Phi) is 4.05. The summed E-state index contributed by atoms with van der Waals surface area (Å²) in [6.45, 7) is 5.18. The third-order valence-corrected chi connectivity index (χ3v) is 2.78. The first-order valence-electron chi connectivity index (χ1n) is 5.32. The van der Waals surface area contributed by atoms with Crippen molar-refractivity contribution in [2.45, 2.75) is 26.8 Å². The summed E-state index contributed by atoms with van der Waals surface area (Å²) in [5.41, 5.74) is 1.28. The molecule has 2 N–H and O–H groups in total. The van der Waals surface area contributed by atoms with E-state index in [1.165, 1.54) is 0 Å². The summed E-state index contributed by atoms with van der Waals surface area (Å²) >= 11 is 0. The molecule has 0 saturated carbocycles. The number of nitrogens with zero attached hydrogens (tertiary/aromatic N) is 2. The Labute approximate surface area is 100 Å². The van der Waals surface area contributed by atoms with Crippen LogP contribution in [-0.4, -0.2) is 22.1 Å². The molecule has 1 rings (SSSR count). The number of hydrogen-bond acceptors (Lipinski definition) is 4. The average molecular weight is 233 g/mol. The zero-order chi connectivity index (χ0) is 13.0. The van der Waals surface area contributed by atoms with Crippen molar-refractivity contribution in [3.05, 3.63) is 23.4 Å². The van der Waals surface area contributed by atoms with Gasteiger partial charge in [-0.2, -0.15) is 5.26 Å². The molecule has 0 saturated heterocycles. The molecule has 1 aromatic heterocycles. The van der Waals surface area contributed by atoms with Crippen LogP contribution >= 0.6 is 0 Å². The molecule has 0 aliphatic carbocycles. The standard InChI is InChI=1S/C12H15N3O2/c1-7-4-5-14-11(10(7)6-13)15-9(3)8(2)12(16)17/h4-5,8-9H,1-3H3,(H,14,15)(H,16,17). The molecule has 2 unspecified atom stereocenters. The van der Waals surface area contributed by atoms with Gasteiger partial charge in [-0.1, -0.05) is 0 Å². The first-order valence-corrected chi connectivity index (χ1v) is 5.32. The van der Waals surface area contributed by atoms with Gasteiger partial charge in [0, 0.05) is 12.2 Å². The predicted octanol–water partition coefficient (Wildman–Crippen LogP) is 1.78. The fraction of sp³-hybridized carbons (Fsp3) is 0.417. The van der Waals surface area contributed by atoms with E-state index in [1.54, 1.807) is 26.1 Å². The molecule has 5 nitrogen and oxygen atoms in total. The highest BCUT2D eigenvalue weighted by atomic mass is 16.4. The van der Waals surface area contributed by atoms with E-state index < -0.39 is 11.9 Å². The fourth-order valence-electron chi connectivity index (χ4n) is 1.36. The van der Waals surface area contributed by atoms with Crippen LogP contribution in [-0.2, 0) is 4.79 Å². The lowest BCUT2D eigenvalue weighted by Crippen LogP contribution is -2.30. The summed E-state index contributed by atoms with van der Waals surface area (Å²) in [5, 5.41) is 20.9. The third kappa shape index (κ3) is 2.94. The number of hydrogen-bond donors (Lipinski definition) is 2. The van der Waals surface area contributed by atoms with Gasteiger partial charge in [0.2, 0.25) is 0 Å². The molecular formula is C12H15N3O2. The fourth-order valence-corrected chi connectivity index (χ4v) is 1.36. The van der Waals surface area contributed by atoms with Gasteiger partial charge in [0.1, 0.15) is 11.9 Å². The summed E-state index contributed by atoms with van der Waals surface area (Å²) in [6, 6.07) is 3.51. The molecule has 0 aliphatic heterocycles. The highest BCUT2D eigenvalue weighted by molar-refractivity contribution is 5.71. The number of aliphatic carboxylic acids is 1. The molecule has 0 aliphatic rings. The smallest absolute Gasteiger partial charge is 0.308 e. The zero-order valence-electron chi connectivity index (χ0n) is 10.1. The van der Waals surface area contributed by atoms with Crippen molar-refractivity contribution in [1.29, 1.82) is 5.26 Å². The van der Waals surface area contributed by atoms with Crippen LogP contribution in [0.15, 0.2) is 12.3 Å². The summed E-state index contributed by atoms with van der Waals surface area (Å²) in [4.78, 5) is 14.9. The van der Waals surface area contributed by atoms with Gasteiger partial charge in [-0.05, 0) is 32.4 Å². The van der Waals surface area contributed by atoms with Crippen molar-refractivity contribution in [1.82, 2.24) is 4.98 Å². The lowest BCUT2D eigenvalue weighted by atomic mass is 10.0. The molecule has 0 fully saturated rings. The van der Waals surface area contributed by atoms with E-state index in [1.807, 2.05) is 6.92 Å². The van der Waals surface area contributed by atoms with E-state index in [2.05, 4.69) is 16.4 Å². The second-order valence-electron chi connectivity index (χ2n) is 4.02. The Morgan fingerprint density at radius 1 is 1.59 bits per heavy atom. The van der Waals surface area contributed by atoms with Crippen molar-refractivity contribution in [3.8, 4) is 6.07 Å². The van der Waals surface area contributed by atoms with Gasteiger partial charge < -0.3 is 10.4 Å². The molecule has 2 atom stereocenters. The minimum Gasteiger partial charge on any atom is -0.481 e. The van der Waals surface area contributed by atoms with Gasteiger partial charge in [0.25, 0.3) is 0 Å². The van der Waals surface area contributed by atoms with Gasteiger partial charge in [-0.15, -0.1) is 0 Å². The first-order chi connectivity index (χ1) is 7.97. The molecule has 0 aromatic carbocycles. The van der Waals surface area contributed by atoms with Gasteiger partial charge in [0.15, 0.2) is 0 Å². The highest BCUT2D eigenvalue weighted by Gasteiger charge is 2.20. The van der Waals surface area contributed by atoms with E-state index in [0.29, 0.717) is 11.4 Å². The van der Waals surface area contributed by atoms with E-state index in [-0.39, 0.29) is 6.04 Å². The largest absolute Gasteiger partial charge is 0.481 e. The molecule has 0 amide bonds. The van der Waals surface area contributed by atoms with Crippen molar-refractivity contribution in [3.63, 3.8) is 0 Å². The topological polar surface area (TPSA) is 86.0 Å². The number of rotatable bonds is 4. The minimum absolute atomic E-state index is 0.297. The average Bonchev–Trinajstić information content (AvgIpc) is 2.28. The highest BCUT2D eigenvalue weighted by Crippen LogP contribution is 2.18. The summed E-state index contributed by atoms with van der Waals surface area (Å²) in [6.07, 6.45) is 1.59. The number of carboxylic acids is 1. The molecule has 0 bridgehead atoms. The van der Waals surface area contributed by atoms with Crippen LogP contribution in [0, 0.1) is 24.2 Å². The first kappa shape index (κ1) is 13.0. The van der Waals surface area contributed by atoms with Crippen LogP contribution in [0.4, 0.5) is 5.82 Å². The SMILES string of the molecule is Cc1ccnc(NC(C)C(C)C(=O)O)c1C#N. The normalized spacial score (nSPS) is 13.5. The summed E-state index contributed by atoms with van der Waals surface area (Å²) < 4.78 is 0. The van der Waals surface area contributed by atoms with Gasteiger partial charge in [-0.25, -0.2) is 4.98 Å². The number of carbonyl (C=O) groups is 1. The molecule has 5 heteroatoms. The number of carboxylic acid groups (broad SMARTS) is 1. The maximum atomic E-state index is 10.8. The Bertz CT molecular complexity index is 465. The van der Waals surface area contributed by atoms with Crippen LogP contribution in [0.1, 0.15) is 25.0 Å². The lowest BCUT2D eigenvalue weighted by molar-refractivity contribution is -0.141. The molecule has 1 aromatic rings. The van der Waals surface area contributed by atoms with E-state index in [4.69, 9.17) is 10.4 Å². The Balaban J connectivity index is 2.93. The maximum absolute atomic E-state index is 10.8. The predicted molar refractivity (Wildman–Crippen MR) is 63.6 cm³/mol. The van der Waals surface area contributed by atoms with Crippen LogP contribution in [0.2, 0.25) is 0 Å². The third-order valence-electron chi connectivity index (χ3n) is 2.78. The Morgan fingerprint density at radius 3 is 2.76 bits per heavy atom. The lowest BCUT2D eigenvalue weighted by Gasteiger charge is -2.19. The molecule has 0 radical (unpaired) electrons. The quantitative estimate of drug-likeness (QED) is 0.827. The Hall–Kier alpha value is -2.09. The number of aryl methyl sites for hydroxylation is 1. The molecule has 90 valence electrons. The van der Waals surface area contributed by atoms with Gasteiger partial charge in [-0.3, -0.25) is 4.79 Å². The van der Waals surface area contributed by atoms with Crippen LogP contribution < -0.4 is 5.32 Å². The van der Waals surface area contributed by atoms with Crippen molar-refractivity contribution in [2.24, 2.45) is 5.92 Å². The second kappa shape index (κ2) is 5.30. The Morgan fingerprint density at radius 2 is 2.24 bits per heavy atom. The molecule has 1 heterocycles. The number of pyridine rings is 1. The van der Waals surface area contributed by atoms with Crippen molar-refractivity contribution in [2.75, 3.05) is 5.32 Å². The number of anilines is 1. The van der Waals surface area contributed by atoms with E-state index in [0.717, 1.165) is 5.56 Å². The number of nitriles is 1. The second-order valence-corrected chi connectivity index (χ2v) is 4.02. The summed E-state index contributed by atoms with van der Waals surface area (Å²) in [5.74, 6) is -0.992. The number of aromatic nitrogens is 1. The van der Waals surface area contributed by atoms with Crippen LogP contribution in [0.3, 0.4) is 0 Å². The molecule has 17 heavy (non-hydrogen) atoms. The van der Waals surface area contributed by atoms with Gasteiger partial charge in [0.05, 0.1) is 11.5 Å². The van der Waals surface area contributed by atoms with Crippen molar-refractivity contribution >= 4 is 11.8 Å². The minimum atomic E-state index is -0.879. The van der Waals surface area contributed by atoms with Gasteiger partial charge >= 0.3 is 5.97 Å². The van der Waals surface area contributed by atoms with Crippen LogP contribution in [0.5, 0.6) is 0 Å². The monoisotopic (exact) mass is 233 g/mol. The van der Waals surface area contributed by atoms with E-state index >= 15 is 0 Å². The zero-order valence-corrected chi connectivity index (χ0v) is 10.1. The van der Waals surface area contributed by atoms with Crippen molar-refractivity contribution < 1.29 is 9.90 Å². The van der Waals surface area contributed by atoms with Crippen LogP contribution in [0.25, 0.3) is 0 Å². The van der Waals surface area contributed by atoms with E-state index in [9.17, 15) is 4.79 Å². The molecular weight excluding hydrogens is 218 g/mol. The maximum Gasteiger partial charge on any atom is 0.308 e. The molecule has 0 spiro atoms. The summed E-state index contributed by atoms with van der Waals surface area (Å²) in [7, 11) is 0.